The molecule has 1 aromatic rings. The number of halogens is 3. The lowest BCUT2D eigenvalue weighted by molar-refractivity contribution is -0.314. The number of benzene rings is 1. The van der Waals surface area contributed by atoms with E-state index in [0.717, 1.165) is 0 Å². The maximum absolute atomic E-state index is 14.0. The van der Waals surface area contributed by atoms with Gasteiger partial charge in [-0.3, -0.25) is 4.79 Å². The summed E-state index contributed by atoms with van der Waals surface area (Å²) in [4.78, 5) is 12.8. The first kappa shape index (κ1) is 20.6. The summed E-state index contributed by atoms with van der Waals surface area (Å²) >= 11 is 0. The maximum atomic E-state index is 14.0. The minimum atomic E-state index is -5.04. The summed E-state index contributed by atoms with van der Waals surface area (Å²) < 4.78 is 47.1. The molecule has 0 aromatic heterocycles. The Labute approximate surface area is 162 Å². The number of rotatable bonds is 2. The zero-order chi connectivity index (χ0) is 20.9. The number of methoxy groups -OCH3 is 1. The number of hydrazone groups is 1. The standard InChI is InChI=1S/C20H25F3N2O3/c1-18(2,3)13-7-10-16-15(11-13)19(27,20(21,22)23)25(24-16)17(26)12-5-8-14(28-4)9-6-12/h5-6,8-9,13,15,27H,7,10-11H2,1-4H3/t13-,15+,19+/m0/s1. The average Bonchev–Trinajstić information content (AvgIpc) is 2.94. The summed E-state index contributed by atoms with van der Waals surface area (Å²) in [5.74, 6) is -1.79. The van der Waals surface area contributed by atoms with Crippen LogP contribution >= 0.6 is 0 Å². The van der Waals surface area contributed by atoms with E-state index in [0.29, 0.717) is 18.6 Å². The Bertz CT molecular complexity index is 783. The Morgan fingerprint density at radius 1 is 1.25 bits per heavy atom. The fourth-order valence-corrected chi connectivity index (χ4v) is 4.06. The molecule has 1 aliphatic heterocycles. The fraction of sp³-hybridized carbons (Fsp3) is 0.600. The van der Waals surface area contributed by atoms with E-state index in [9.17, 15) is 23.1 Å². The van der Waals surface area contributed by atoms with Gasteiger partial charge < -0.3 is 9.84 Å². The first-order chi connectivity index (χ1) is 12.9. The van der Waals surface area contributed by atoms with Gasteiger partial charge in [0, 0.05) is 11.3 Å². The summed E-state index contributed by atoms with van der Waals surface area (Å²) in [7, 11) is 1.45. The van der Waals surface area contributed by atoms with E-state index in [1.807, 2.05) is 20.8 Å². The number of aliphatic hydroxyl groups is 1. The second-order valence-electron chi connectivity index (χ2n) is 8.55. The summed E-state index contributed by atoms with van der Waals surface area (Å²) in [5, 5.41) is 15.0. The summed E-state index contributed by atoms with van der Waals surface area (Å²) in [6.45, 7) is 5.92. The molecule has 1 aliphatic carbocycles. The van der Waals surface area contributed by atoms with Gasteiger partial charge in [-0.1, -0.05) is 20.8 Å². The van der Waals surface area contributed by atoms with E-state index in [4.69, 9.17) is 4.74 Å². The highest BCUT2D eigenvalue weighted by Crippen LogP contribution is 2.52. The van der Waals surface area contributed by atoms with Crippen LogP contribution < -0.4 is 4.74 Å². The molecule has 1 saturated carbocycles. The minimum Gasteiger partial charge on any atom is -0.497 e. The molecular weight excluding hydrogens is 373 g/mol. The van der Waals surface area contributed by atoms with Crippen molar-refractivity contribution in [2.45, 2.75) is 51.9 Å². The van der Waals surface area contributed by atoms with Crippen LogP contribution in [0.4, 0.5) is 13.2 Å². The van der Waals surface area contributed by atoms with Crippen LogP contribution in [0.15, 0.2) is 29.4 Å². The van der Waals surface area contributed by atoms with Gasteiger partial charge in [0.25, 0.3) is 11.6 Å². The Kier molecular flexibility index (Phi) is 4.98. The van der Waals surface area contributed by atoms with Gasteiger partial charge in [0.2, 0.25) is 0 Å². The van der Waals surface area contributed by atoms with Crippen molar-refractivity contribution in [3.8, 4) is 5.75 Å². The van der Waals surface area contributed by atoms with E-state index in [-0.39, 0.29) is 34.0 Å². The quantitative estimate of drug-likeness (QED) is 0.811. The van der Waals surface area contributed by atoms with Crippen LogP contribution in [0.3, 0.4) is 0 Å². The second-order valence-corrected chi connectivity index (χ2v) is 8.55. The molecule has 1 heterocycles. The van der Waals surface area contributed by atoms with Crippen molar-refractivity contribution in [3.05, 3.63) is 29.8 Å². The lowest BCUT2D eigenvalue weighted by Crippen LogP contribution is -2.62. The predicted molar refractivity (Wildman–Crippen MR) is 97.9 cm³/mol. The Balaban J connectivity index is 1.99. The molecule has 1 N–H and O–H groups in total. The van der Waals surface area contributed by atoms with Gasteiger partial charge in [-0.05, 0) is 54.9 Å². The van der Waals surface area contributed by atoms with Crippen LogP contribution in [0, 0.1) is 17.3 Å². The molecule has 154 valence electrons. The molecule has 1 aromatic carbocycles. The molecule has 3 rings (SSSR count). The largest absolute Gasteiger partial charge is 0.497 e. The molecule has 0 saturated heterocycles. The number of carbonyl (C=O) groups is 1. The molecule has 0 unspecified atom stereocenters. The van der Waals surface area contributed by atoms with Crippen LogP contribution in [0.25, 0.3) is 0 Å². The highest BCUT2D eigenvalue weighted by atomic mass is 19.4. The molecule has 0 radical (unpaired) electrons. The van der Waals surface area contributed by atoms with Gasteiger partial charge in [-0.15, -0.1) is 0 Å². The molecule has 0 spiro atoms. The van der Waals surface area contributed by atoms with Crippen LogP contribution in [0.1, 0.15) is 50.4 Å². The van der Waals surface area contributed by atoms with E-state index < -0.39 is 23.7 Å². The number of hydrogen-bond donors (Lipinski definition) is 1. The Hall–Kier alpha value is -2.09. The molecule has 1 fully saturated rings. The van der Waals surface area contributed by atoms with Crippen molar-refractivity contribution >= 4 is 11.6 Å². The Morgan fingerprint density at radius 3 is 2.36 bits per heavy atom. The lowest BCUT2D eigenvalue weighted by Gasteiger charge is -2.42. The van der Waals surface area contributed by atoms with E-state index in [1.54, 1.807) is 0 Å². The van der Waals surface area contributed by atoms with E-state index in [2.05, 4.69) is 5.10 Å². The third-order valence-corrected chi connectivity index (χ3v) is 5.88. The second kappa shape index (κ2) is 6.76. The highest BCUT2D eigenvalue weighted by Gasteiger charge is 2.69. The molecular formula is C20H25F3N2O3. The predicted octanol–water partition coefficient (Wildman–Crippen LogP) is 4.22. The third kappa shape index (κ3) is 3.27. The lowest BCUT2D eigenvalue weighted by atomic mass is 9.66. The van der Waals surface area contributed by atoms with E-state index in [1.165, 1.54) is 31.4 Å². The number of carbonyl (C=O) groups excluding carboxylic acids is 1. The van der Waals surface area contributed by atoms with Crippen molar-refractivity contribution in [3.63, 3.8) is 0 Å². The number of alkyl halides is 3. The smallest absolute Gasteiger partial charge is 0.439 e. The number of ether oxygens (including phenoxy) is 1. The van der Waals surface area contributed by atoms with Crippen LogP contribution in [-0.2, 0) is 0 Å². The maximum Gasteiger partial charge on any atom is 0.439 e. The Morgan fingerprint density at radius 2 is 1.86 bits per heavy atom. The van der Waals surface area contributed by atoms with Crippen molar-refractivity contribution in [2.24, 2.45) is 22.4 Å². The van der Waals surface area contributed by atoms with Crippen LogP contribution in [0.5, 0.6) is 5.75 Å². The molecule has 3 atom stereocenters. The molecule has 0 bridgehead atoms. The van der Waals surface area contributed by atoms with Gasteiger partial charge in [-0.25, -0.2) is 0 Å². The summed E-state index contributed by atoms with van der Waals surface area (Å²) in [6, 6.07) is 5.67. The van der Waals surface area contributed by atoms with Crippen molar-refractivity contribution in [2.75, 3.05) is 7.11 Å². The highest BCUT2D eigenvalue weighted by molar-refractivity contribution is 5.99. The summed E-state index contributed by atoms with van der Waals surface area (Å²) in [5.41, 5.74) is -3.31. The number of hydrogen-bond acceptors (Lipinski definition) is 4. The average molecular weight is 398 g/mol. The van der Waals surface area contributed by atoms with Crippen molar-refractivity contribution in [1.82, 2.24) is 5.01 Å². The zero-order valence-corrected chi connectivity index (χ0v) is 16.4. The monoisotopic (exact) mass is 398 g/mol. The van der Waals surface area contributed by atoms with Gasteiger partial charge in [0.05, 0.1) is 13.0 Å². The first-order valence-electron chi connectivity index (χ1n) is 9.24. The third-order valence-electron chi connectivity index (χ3n) is 5.88. The van der Waals surface area contributed by atoms with Crippen molar-refractivity contribution < 1.29 is 27.8 Å². The number of nitrogens with zero attached hydrogens (tertiary/aromatic N) is 2. The minimum absolute atomic E-state index is 0.00107. The van der Waals surface area contributed by atoms with Gasteiger partial charge in [-0.2, -0.15) is 23.3 Å². The van der Waals surface area contributed by atoms with Gasteiger partial charge in [0.1, 0.15) is 5.75 Å². The summed E-state index contributed by atoms with van der Waals surface area (Å²) in [6.07, 6.45) is -3.90. The van der Waals surface area contributed by atoms with Crippen molar-refractivity contribution in [1.29, 1.82) is 0 Å². The fourth-order valence-electron chi connectivity index (χ4n) is 4.06. The topological polar surface area (TPSA) is 62.1 Å². The molecule has 5 nitrogen and oxygen atoms in total. The molecule has 8 heteroatoms. The SMILES string of the molecule is COc1ccc(C(=O)N2N=C3CC[C@H](C(C)(C)C)C[C@H]3[C@@]2(O)C(F)(F)F)cc1. The number of amides is 1. The molecule has 28 heavy (non-hydrogen) atoms. The van der Waals surface area contributed by atoms with Gasteiger partial charge in [0.15, 0.2) is 0 Å². The van der Waals surface area contributed by atoms with Crippen LogP contribution in [-0.4, -0.2) is 40.7 Å². The van der Waals surface area contributed by atoms with Gasteiger partial charge >= 0.3 is 6.18 Å². The molecule has 2 aliphatic rings. The number of fused-ring (bicyclic) bond motifs is 1. The van der Waals surface area contributed by atoms with E-state index >= 15 is 0 Å². The zero-order valence-electron chi connectivity index (χ0n) is 16.4. The molecule has 1 amide bonds. The first-order valence-corrected chi connectivity index (χ1v) is 9.24. The normalized spacial score (nSPS) is 28.0. The van der Waals surface area contributed by atoms with Crippen LogP contribution in [0.2, 0.25) is 0 Å².